The lowest BCUT2D eigenvalue weighted by molar-refractivity contribution is 0.376. The molecular weight excluding hydrogens is 342 g/mol. The maximum atomic E-state index is 11.6. The quantitative estimate of drug-likeness (QED) is 0.548. The van der Waals surface area contributed by atoms with Gasteiger partial charge in [-0.3, -0.25) is 4.99 Å². The molecule has 2 saturated heterocycles. The Labute approximate surface area is 148 Å². The highest BCUT2D eigenvalue weighted by atomic mass is 32.2. The van der Waals surface area contributed by atoms with Crippen LogP contribution in [0, 0.1) is 5.92 Å². The van der Waals surface area contributed by atoms with Gasteiger partial charge in [-0.2, -0.15) is 0 Å². The number of anilines is 1. The molecule has 2 aliphatic heterocycles. The van der Waals surface area contributed by atoms with Crippen LogP contribution in [0.3, 0.4) is 0 Å². The fraction of sp³-hybridized carbons (Fsp3) is 0.667. The first kappa shape index (κ1) is 17.9. The number of piperazine rings is 1. The number of aliphatic imine (C=N–C) groups is 1. The predicted molar refractivity (Wildman–Crippen MR) is 96.8 cm³/mol. The summed E-state index contributed by atoms with van der Waals surface area (Å²) in [6, 6.07) is 1.80. The highest BCUT2D eigenvalue weighted by Gasteiger charge is 2.28. The molecular formula is C15H25N7O2S. The van der Waals surface area contributed by atoms with Gasteiger partial charge in [-0.1, -0.05) is 0 Å². The lowest BCUT2D eigenvalue weighted by Gasteiger charge is -2.35. The maximum absolute atomic E-state index is 11.6. The van der Waals surface area contributed by atoms with E-state index in [-0.39, 0.29) is 5.92 Å². The van der Waals surface area contributed by atoms with Crippen LogP contribution < -0.4 is 10.6 Å². The first-order valence-electron chi connectivity index (χ1n) is 8.45. The van der Waals surface area contributed by atoms with Crippen molar-refractivity contribution in [2.24, 2.45) is 16.6 Å². The van der Waals surface area contributed by atoms with Crippen molar-refractivity contribution in [1.29, 1.82) is 0 Å². The van der Waals surface area contributed by atoms with Crippen LogP contribution in [-0.2, 0) is 10.0 Å². The molecule has 9 nitrogen and oxygen atoms in total. The van der Waals surface area contributed by atoms with Crippen molar-refractivity contribution < 1.29 is 8.42 Å². The van der Waals surface area contributed by atoms with E-state index in [1.165, 1.54) is 10.6 Å². The van der Waals surface area contributed by atoms with E-state index in [0.29, 0.717) is 25.6 Å². The maximum Gasteiger partial charge on any atom is 0.225 e. The monoisotopic (exact) mass is 367 g/mol. The number of rotatable bonds is 4. The van der Waals surface area contributed by atoms with Crippen molar-refractivity contribution in [3.05, 3.63) is 18.5 Å². The van der Waals surface area contributed by atoms with Crippen LogP contribution in [-0.4, -0.2) is 85.6 Å². The molecule has 3 rings (SSSR count). The zero-order chi connectivity index (χ0) is 17.9. The summed E-state index contributed by atoms with van der Waals surface area (Å²) in [6.45, 7) is 4.82. The predicted octanol–water partition coefficient (Wildman–Crippen LogP) is -0.805. The Bertz CT molecular complexity index is 702. The van der Waals surface area contributed by atoms with Gasteiger partial charge in [-0.05, 0) is 18.4 Å². The first-order valence-corrected chi connectivity index (χ1v) is 10.3. The van der Waals surface area contributed by atoms with Crippen LogP contribution in [0.15, 0.2) is 23.5 Å². The number of nitrogens with two attached hydrogens (primary N) is 1. The van der Waals surface area contributed by atoms with Gasteiger partial charge in [0.05, 0.1) is 6.26 Å². The highest BCUT2D eigenvalue weighted by molar-refractivity contribution is 7.88. The Morgan fingerprint density at radius 2 is 1.92 bits per heavy atom. The van der Waals surface area contributed by atoms with E-state index in [1.54, 1.807) is 18.5 Å². The third-order valence-corrected chi connectivity index (χ3v) is 5.94. The zero-order valence-electron chi connectivity index (χ0n) is 14.5. The van der Waals surface area contributed by atoms with Gasteiger partial charge in [0, 0.05) is 58.2 Å². The van der Waals surface area contributed by atoms with E-state index in [9.17, 15) is 8.42 Å². The van der Waals surface area contributed by atoms with Crippen molar-refractivity contribution in [2.75, 3.05) is 57.0 Å². The molecule has 0 aliphatic carbocycles. The molecule has 10 heteroatoms. The Balaban J connectivity index is 1.48. The first-order chi connectivity index (χ1) is 11.9. The SMILES string of the molecule is CS(=O)(=O)N1CCC(CN=C(N)N2CCN(c3ncccn3)CC2)C1. The van der Waals surface area contributed by atoms with Gasteiger partial charge in [0.15, 0.2) is 5.96 Å². The number of sulfonamides is 1. The fourth-order valence-corrected chi connectivity index (χ4v) is 4.08. The summed E-state index contributed by atoms with van der Waals surface area (Å²) >= 11 is 0. The molecule has 0 amide bonds. The Morgan fingerprint density at radius 1 is 1.24 bits per heavy atom. The van der Waals surface area contributed by atoms with Gasteiger partial charge in [0.25, 0.3) is 0 Å². The van der Waals surface area contributed by atoms with Gasteiger partial charge in [0.2, 0.25) is 16.0 Å². The van der Waals surface area contributed by atoms with Crippen LogP contribution in [0.4, 0.5) is 5.95 Å². The van der Waals surface area contributed by atoms with E-state index in [2.05, 4.69) is 24.8 Å². The molecule has 2 fully saturated rings. The second-order valence-corrected chi connectivity index (χ2v) is 8.48. The molecule has 0 radical (unpaired) electrons. The van der Waals surface area contributed by atoms with Crippen LogP contribution in [0.2, 0.25) is 0 Å². The third-order valence-electron chi connectivity index (χ3n) is 4.67. The highest BCUT2D eigenvalue weighted by Crippen LogP contribution is 2.19. The lowest BCUT2D eigenvalue weighted by Crippen LogP contribution is -2.51. The number of guanidine groups is 1. The molecule has 25 heavy (non-hydrogen) atoms. The summed E-state index contributed by atoms with van der Waals surface area (Å²) in [6.07, 6.45) is 5.57. The number of hydrogen-bond donors (Lipinski definition) is 1. The molecule has 138 valence electrons. The topological polar surface area (TPSA) is 108 Å². The minimum atomic E-state index is -3.10. The summed E-state index contributed by atoms with van der Waals surface area (Å²) in [7, 11) is -3.10. The Morgan fingerprint density at radius 3 is 2.52 bits per heavy atom. The van der Waals surface area contributed by atoms with Crippen LogP contribution >= 0.6 is 0 Å². The fourth-order valence-electron chi connectivity index (χ4n) is 3.16. The molecule has 1 unspecified atom stereocenters. The number of aromatic nitrogens is 2. The molecule has 0 bridgehead atoms. The number of nitrogens with zero attached hydrogens (tertiary/aromatic N) is 6. The Kier molecular flexibility index (Phi) is 5.38. The summed E-state index contributed by atoms with van der Waals surface area (Å²) in [5.41, 5.74) is 6.13. The third kappa shape index (κ3) is 4.57. The average molecular weight is 367 g/mol. The van der Waals surface area contributed by atoms with Gasteiger partial charge >= 0.3 is 0 Å². The molecule has 1 aromatic rings. The molecule has 2 aliphatic rings. The van der Waals surface area contributed by atoms with Gasteiger partial charge < -0.3 is 15.5 Å². The van der Waals surface area contributed by atoms with Crippen LogP contribution in [0.25, 0.3) is 0 Å². The molecule has 0 saturated carbocycles. The smallest absolute Gasteiger partial charge is 0.225 e. The van der Waals surface area contributed by atoms with Crippen molar-refractivity contribution in [3.63, 3.8) is 0 Å². The van der Waals surface area contributed by atoms with Crippen molar-refractivity contribution in [2.45, 2.75) is 6.42 Å². The molecule has 0 spiro atoms. The van der Waals surface area contributed by atoms with Crippen molar-refractivity contribution >= 4 is 21.9 Å². The summed E-state index contributed by atoms with van der Waals surface area (Å²) < 4.78 is 24.6. The summed E-state index contributed by atoms with van der Waals surface area (Å²) in [5, 5.41) is 0. The van der Waals surface area contributed by atoms with Gasteiger partial charge in [0.1, 0.15) is 0 Å². The van der Waals surface area contributed by atoms with Crippen LogP contribution in [0.5, 0.6) is 0 Å². The lowest BCUT2D eigenvalue weighted by atomic mass is 10.1. The molecule has 3 heterocycles. The van der Waals surface area contributed by atoms with Gasteiger partial charge in [-0.25, -0.2) is 22.7 Å². The van der Waals surface area contributed by atoms with Gasteiger partial charge in [-0.15, -0.1) is 0 Å². The van der Waals surface area contributed by atoms with E-state index in [1.807, 2.05) is 0 Å². The normalized spacial score (nSPS) is 23.2. The minimum Gasteiger partial charge on any atom is -0.370 e. The summed E-state index contributed by atoms with van der Waals surface area (Å²) in [4.78, 5) is 17.2. The second kappa shape index (κ2) is 7.52. The van der Waals surface area contributed by atoms with E-state index < -0.39 is 10.0 Å². The Hall–Kier alpha value is -1.94. The van der Waals surface area contributed by atoms with Crippen LogP contribution in [0.1, 0.15) is 6.42 Å². The molecule has 2 N–H and O–H groups in total. The van der Waals surface area contributed by atoms with E-state index in [4.69, 9.17) is 5.73 Å². The van der Waals surface area contributed by atoms with E-state index in [0.717, 1.165) is 38.5 Å². The molecule has 0 aromatic carbocycles. The molecule has 1 aromatic heterocycles. The average Bonchev–Trinajstić information content (AvgIpc) is 3.10. The second-order valence-electron chi connectivity index (χ2n) is 6.50. The van der Waals surface area contributed by atoms with E-state index >= 15 is 0 Å². The van der Waals surface area contributed by atoms with Crippen molar-refractivity contribution in [1.82, 2.24) is 19.2 Å². The number of hydrogen-bond acceptors (Lipinski definition) is 6. The largest absolute Gasteiger partial charge is 0.370 e. The van der Waals surface area contributed by atoms with Crippen molar-refractivity contribution in [3.8, 4) is 0 Å². The summed E-state index contributed by atoms with van der Waals surface area (Å²) in [5.74, 6) is 1.52. The standard InChI is InChI=1S/C15H25N7O2S/c1-25(23,24)22-6-3-13(12-22)11-19-14(16)20-7-9-21(10-8-20)15-17-4-2-5-18-15/h2,4-5,13H,3,6-12H2,1H3,(H2,16,19). The zero-order valence-corrected chi connectivity index (χ0v) is 15.3. The minimum absolute atomic E-state index is 0.243. The molecule has 1 atom stereocenters.